The van der Waals surface area contributed by atoms with Crippen molar-refractivity contribution < 1.29 is 23.0 Å². The van der Waals surface area contributed by atoms with E-state index < -0.39 is 13.0 Å². The molecule has 0 fully saturated rings. The van der Waals surface area contributed by atoms with Crippen LogP contribution in [0.1, 0.15) is 12.5 Å². The second kappa shape index (κ2) is 9.92. The van der Waals surface area contributed by atoms with Crippen LogP contribution in [0.15, 0.2) is 16.6 Å². The summed E-state index contributed by atoms with van der Waals surface area (Å²) < 4.78 is 40.1. The number of benzene rings is 1. The minimum atomic E-state index is -2.42. The van der Waals surface area contributed by atoms with Crippen LogP contribution in [0, 0.1) is 0 Å². The van der Waals surface area contributed by atoms with Crippen LogP contribution < -0.4 is 14.8 Å². The first kappa shape index (κ1) is 18.1. The topological polar surface area (TPSA) is 39.7 Å². The Morgan fingerprint density at radius 1 is 1.33 bits per heavy atom. The lowest BCUT2D eigenvalue weighted by molar-refractivity contribution is 0.0187. The van der Waals surface area contributed by atoms with Gasteiger partial charge in [-0.1, -0.05) is 0 Å². The third kappa shape index (κ3) is 6.58. The SMILES string of the molecule is CCOc1c(Br)cc(CNCCOCC(F)F)cc1OC. The molecule has 7 heteroatoms. The molecule has 1 rings (SSSR count). The van der Waals surface area contributed by atoms with Gasteiger partial charge in [-0.15, -0.1) is 0 Å². The van der Waals surface area contributed by atoms with Gasteiger partial charge in [-0.3, -0.25) is 0 Å². The summed E-state index contributed by atoms with van der Waals surface area (Å²) in [4.78, 5) is 0. The molecule has 0 atom stereocenters. The van der Waals surface area contributed by atoms with Crippen LogP contribution in [-0.2, 0) is 11.3 Å². The van der Waals surface area contributed by atoms with Gasteiger partial charge in [0.15, 0.2) is 11.5 Å². The fourth-order valence-corrected chi connectivity index (χ4v) is 2.31. The van der Waals surface area contributed by atoms with Crippen molar-refractivity contribution in [1.82, 2.24) is 5.32 Å². The predicted octanol–water partition coefficient (Wildman–Crippen LogP) is 3.23. The number of halogens is 3. The van der Waals surface area contributed by atoms with E-state index in [4.69, 9.17) is 14.2 Å². The van der Waals surface area contributed by atoms with Gasteiger partial charge in [0, 0.05) is 13.1 Å². The summed E-state index contributed by atoms with van der Waals surface area (Å²) in [5.74, 6) is 1.32. The Morgan fingerprint density at radius 3 is 2.71 bits per heavy atom. The molecule has 0 aliphatic rings. The first-order valence-corrected chi connectivity index (χ1v) is 7.43. The number of methoxy groups -OCH3 is 1. The third-order valence-electron chi connectivity index (χ3n) is 2.57. The van der Waals surface area contributed by atoms with Gasteiger partial charge in [0.05, 0.1) is 24.8 Å². The lowest BCUT2D eigenvalue weighted by atomic mass is 10.2. The zero-order valence-electron chi connectivity index (χ0n) is 12.1. The van der Waals surface area contributed by atoms with E-state index in [2.05, 4.69) is 21.2 Å². The fraction of sp³-hybridized carbons (Fsp3) is 0.571. The summed E-state index contributed by atoms with van der Waals surface area (Å²) >= 11 is 3.45. The van der Waals surface area contributed by atoms with E-state index in [0.717, 1.165) is 10.0 Å². The maximum atomic E-state index is 11.9. The highest BCUT2D eigenvalue weighted by Crippen LogP contribution is 2.36. The fourth-order valence-electron chi connectivity index (χ4n) is 1.71. The van der Waals surface area contributed by atoms with Gasteiger partial charge in [-0.25, -0.2) is 8.78 Å². The normalized spacial score (nSPS) is 11.0. The van der Waals surface area contributed by atoms with Crippen molar-refractivity contribution in [1.29, 1.82) is 0 Å². The summed E-state index contributed by atoms with van der Waals surface area (Å²) in [7, 11) is 1.58. The Bertz CT molecular complexity index is 433. The van der Waals surface area contributed by atoms with Crippen LogP contribution in [0.25, 0.3) is 0 Å². The molecule has 0 spiro atoms. The Balaban J connectivity index is 2.47. The first-order chi connectivity index (χ1) is 10.1. The van der Waals surface area contributed by atoms with E-state index in [0.29, 0.717) is 31.2 Å². The van der Waals surface area contributed by atoms with Gasteiger partial charge in [0.1, 0.15) is 6.61 Å². The summed E-state index contributed by atoms with van der Waals surface area (Å²) in [6.45, 7) is 3.26. The van der Waals surface area contributed by atoms with Crippen LogP contribution in [0.4, 0.5) is 8.78 Å². The van der Waals surface area contributed by atoms with Crippen molar-refractivity contribution in [3.8, 4) is 11.5 Å². The minimum absolute atomic E-state index is 0.250. The second-order valence-corrected chi connectivity index (χ2v) is 5.04. The maximum Gasteiger partial charge on any atom is 0.261 e. The Labute approximate surface area is 131 Å². The maximum absolute atomic E-state index is 11.9. The monoisotopic (exact) mass is 367 g/mol. The molecule has 4 nitrogen and oxygen atoms in total. The Kier molecular flexibility index (Phi) is 8.56. The number of alkyl halides is 2. The second-order valence-electron chi connectivity index (χ2n) is 4.18. The molecule has 0 amide bonds. The van der Waals surface area contributed by atoms with Gasteiger partial charge in [0.25, 0.3) is 6.43 Å². The Morgan fingerprint density at radius 2 is 2.10 bits per heavy atom. The van der Waals surface area contributed by atoms with Crippen LogP contribution in [0.5, 0.6) is 11.5 Å². The van der Waals surface area contributed by atoms with Crippen LogP contribution in [0.3, 0.4) is 0 Å². The van der Waals surface area contributed by atoms with Gasteiger partial charge in [-0.2, -0.15) is 0 Å². The zero-order valence-corrected chi connectivity index (χ0v) is 13.7. The molecule has 21 heavy (non-hydrogen) atoms. The summed E-state index contributed by atoms with van der Waals surface area (Å²) in [5.41, 5.74) is 0.996. The van der Waals surface area contributed by atoms with Gasteiger partial charge < -0.3 is 19.5 Å². The van der Waals surface area contributed by atoms with E-state index in [9.17, 15) is 8.78 Å². The van der Waals surface area contributed by atoms with Crippen molar-refractivity contribution in [3.05, 3.63) is 22.2 Å². The van der Waals surface area contributed by atoms with E-state index in [1.54, 1.807) is 7.11 Å². The van der Waals surface area contributed by atoms with Crippen LogP contribution in [0.2, 0.25) is 0 Å². The lowest BCUT2D eigenvalue weighted by Crippen LogP contribution is -2.20. The van der Waals surface area contributed by atoms with E-state index in [1.165, 1.54) is 0 Å². The molecule has 0 bridgehead atoms. The molecule has 1 aromatic carbocycles. The molecule has 0 unspecified atom stereocenters. The Hall–Kier alpha value is -0.920. The minimum Gasteiger partial charge on any atom is -0.493 e. The number of hydrogen-bond acceptors (Lipinski definition) is 4. The summed E-state index contributed by atoms with van der Waals surface area (Å²) in [5, 5.41) is 3.12. The number of hydrogen-bond donors (Lipinski definition) is 1. The van der Waals surface area contributed by atoms with E-state index >= 15 is 0 Å². The van der Waals surface area contributed by atoms with Crippen molar-refractivity contribution in [2.75, 3.05) is 33.5 Å². The predicted molar refractivity (Wildman–Crippen MR) is 80.4 cm³/mol. The van der Waals surface area contributed by atoms with Crippen molar-refractivity contribution in [2.24, 2.45) is 0 Å². The van der Waals surface area contributed by atoms with Gasteiger partial charge in [-0.05, 0) is 40.5 Å². The largest absolute Gasteiger partial charge is 0.493 e. The molecule has 120 valence electrons. The van der Waals surface area contributed by atoms with Crippen LogP contribution in [-0.4, -0.2) is 39.9 Å². The molecule has 0 saturated carbocycles. The summed E-state index contributed by atoms with van der Waals surface area (Å²) in [6.07, 6.45) is -2.42. The number of ether oxygens (including phenoxy) is 3. The zero-order chi connectivity index (χ0) is 15.7. The molecule has 1 N–H and O–H groups in total. The van der Waals surface area contributed by atoms with Crippen LogP contribution >= 0.6 is 15.9 Å². The smallest absolute Gasteiger partial charge is 0.261 e. The molecule has 0 heterocycles. The van der Waals surface area contributed by atoms with Gasteiger partial charge >= 0.3 is 0 Å². The van der Waals surface area contributed by atoms with E-state index in [-0.39, 0.29) is 6.61 Å². The highest BCUT2D eigenvalue weighted by molar-refractivity contribution is 9.10. The van der Waals surface area contributed by atoms with Crippen molar-refractivity contribution in [2.45, 2.75) is 19.9 Å². The average molecular weight is 368 g/mol. The quantitative estimate of drug-likeness (QED) is 0.644. The number of nitrogens with one attached hydrogen (secondary N) is 1. The molecule has 0 aliphatic carbocycles. The molecule has 0 saturated heterocycles. The first-order valence-electron chi connectivity index (χ1n) is 6.64. The highest BCUT2D eigenvalue weighted by Gasteiger charge is 2.11. The highest BCUT2D eigenvalue weighted by atomic mass is 79.9. The molecular weight excluding hydrogens is 348 g/mol. The number of rotatable bonds is 10. The summed E-state index contributed by atoms with van der Waals surface area (Å²) in [6, 6.07) is 3.81. The van der Waals surface area contributed by atoms with E-state index in [1.807, 2.05) is 19.1 Å². The standard InChI is InChI=1S/C14H20BrF2NO3/c1-3-21-14-11(15)6-10(7-12(14)19-2)8-18-4-5-20-9-13(16)17/h6-7,13,18H,3-5,8-9H2,1-2H3. The average Bonchev–Trinajstić information content (AvgIpc) is 2.44. The molecule has 0 aromatic heterocycles. The molecule has 1 aromatic rings. The third-order valence-corrected chi connectivity index (χ3v) is 3.16. The molecule has 0 aliphatic heterocycles. The van der Waals surface area contributed by atoms with Crippen molar-refractivity contribution >= 4 is 15.9 Å². The lowest BCUT2D eigenvalue weighted by Gasteiger charge is -2.13. The molecular formula is C14H20BrF2NO3. The van der Waals surface area contributed by atoms with Gasteiger partial charge in [0.2, 0.25) is 0 Å². The molecule has 0 radical (unpaired) electrons. The van der Waals surface area contributed by atoms with Crippen molar-refractivity contribution in [3.63, 3.8) is 0 Å².